The monoisotopic (exact) mass is 1020 g/mol. The molecule has 1 amide bonds. The fraction of sp³-hybridized carbons (Fsp3) is 0.527. The van der Waals surface area contributed by atoms with E-state index >= 15 is 0 Å². The SMILES string of the molecule is CC(C)c1ccccc1C1CCCN1C1CC2(CCN(c3ccc(C(=O)NS(=O)(=O)c4cc5c(c([N+](=O)[O-])c4)N[C@@H](C4CCC(C)(O)CC4)CO5)c(Oc4cc5cc[nH]c5nc4OC[C@@H]4CCN4C)c3)CC2)C1. The van der Waals surface area contributed by atoms with Crippen molar-refractivity contribution in [1.29, 1.82) is 0 Å². The number of hydrogen-bond donors (Lipinski definition) is 4. The standard InChI is InChI=1S/C55H68N8O9S/c1-34(2)41-8-5-6-9-42(41)45-10-7-22-62(45)39-30-55(31-39)19-24-61(25-20-55)37-11-12-43(47(27-37)72-49-26-36-15-21-56-51(36)58-53(49)71-32-38-16-23-60(38)4)52(64)59-73(68,69)40-28-46(63(66)67)50-48(29-40)70-33-44(57-50)35-13-17-54(3,65)18-14-35/h5-6,8-9,11-12,15,21,26-29,34-35,38-39,44-45,57,65H,7,10,13-14,16-20,22-25,30-33H2,1-4H3,(H,56,58)(H,59,64)/t35?,38-,44+,45?,54?/m0/s1. The van der Waals surface area contributed by atoms with E-state index in [4.69, 9.17) is 19.2 Å². The van der Waals surface area contributed by atoms with Gasteiger partial charge in [-0.05, 0) is 150 Å². The zero-order valence-electron chi connectivity index (χ0n) is 42.3. The molecule has 1 spiro atoms. The maximum absolute atomic E-state index is 14.5. The smallest absolute Gasteiger partial charge is 0.297 e. The molecule has 2 aliphatic carbocycles. The summed E-state index contributed by atoms with van der Waals surface area (Å²) in [7, 11) is -2.68. The molecule has 0 radical (unpaired) electrons. The highest BCUT2D eigenvalue weighted by molar-refractivity contribution is 7.90. The van der Waals surface area contributed by atoms with Gasteiger partial charge in [0.15, 0.2) is 17.2 Å². The zero-order valence-corrected chi connectivity index (χ0v) is 43.1. The highest BCUT2D eigenvalue weighted by atomic mass is 32.2. The molecule has 18 heteroatoms. The van der Waals surface area contributed by atoms with Crippen LogP contribution in [0.4, 0.5) is 17.1 Å². The summed E-state index contributed by atoms with van der Waals surface area (Å²) in [4.78, 5) is 41.0. The molecular weight excluding hydrogens is 949 g/mol. The number of piperidine rings is 1. The van der Waals surface area contributed by atoms with Gasteiger partial charge in [0.1, 0.15) is 24.6 Å². The number of nitrogens with zero attached hydrogens (tertiary/aromatic N) is 5. The highest BCUT2D eigenvalue weighted by Crippen LogP contribution is 2.55. The molecule has 1 unspecified atom stereocenters. The van der Waals surface area contributed by atoms with Crippen molar-refractivity contribution in [3.63, 3.8) is 0 Å². The van der Waals surface area contributed by atoms with Crippen LogP contribution in [0.5, 0.6) is 23.1 Å². The quantitative estimate of drug-likeness (QED) is 0.0605. The Balaban J connectivity index is 0.841. The van der Waals surface area contributed by atoms with Crippen molar-refractivity contribution < 1.29 is 37.5 Å². The first-order valence-electron chi connectivity index (χ1n) is 26.3. The molecule has 6 heterocycles. The van der Waals surface area contributed by atoms with E-state index in [1.54, 1.807) is 24.4 Å². The average Bonchev–Trinajstić information content (AvgIpc) is 4.04. The molecule has 3 aromatic carbocycles. The number of rotatable bonds is 14. The summed E-state index contributed by atoms with van der Waals surface area (Å²) in [6, 6.07) is 20.9. The third kappa shape index (κ3) is 9.83. The Hall–Kier alpha value is -5.95. The van der Waals surface area contributed by atoms with Gasteiger partial charge in [-0.15, -0.1) is 0 Å². The molecule has 6 aliphatic rings. The number of amides is 1. The van der Waals surface area contributed by atoms with Crippen molar-refractivity contribution in [2.45, 2.75) is 132 Å². The van der Waals surface area contributed by atoms with E-state index < -0.39 is 37.0 Å². The summed E-state index contributed by atoms with van der Waals surface area (Å²) in [6.45, 7) is 10.6. The number of aromatic nitrogens is 2. The normalized spacial score (nSPS) is 25.4. The molecule has 2 aromatic heterocycles. The van der Waals surface area contributed by atoms with Gasteiger partial charge >= 0.3 is 0 Å². The number of H-pyrrole nitrogens is 1. The van der Waals surface area contributed by atoms with Crippen LogP contribution < -0.4 is 29.1 Å². The van der Waals surface area contributed by atoms with Gasteiger partial charge in [0.2, 0.25) is 0 Å². The Labute approximate surface area is 427 Å². The van der Waals surface area contributed by atoms with Crippen molar-refractivity contribution in [1.82, 2.24) is 24.5 Å². The number of likely N-dealkylation sites (N-methyl/N-ethyl adjacent to an activating group) is 1. The van der Waals surface area contributed by atoms with Gasteiger partial charge < -0.3 is 34.5 Å². The predicted molar refractivity (Wildman–Crippen MR) is 278 cm³/mol. The molecule has 5 aromatic rings. The molecule has 2 saturated carbocycles. The van der Waals surface area contributed by atoms with Crippen LogP contribution >= 0.6 is 0 Å². The lowest BCUT2D eigenvalue weighted by Gasteiger charge is -2.56. The number of pyridine rings is 1. The van der Waals surface area contributed by atoms with Crippen LogP contribution in [0.2, 0.25) is 0 Å². The maximum Gasteiger partial charge on any atom is 0.297 e. The number of anilines is 2. The third-order valence-corrected chi connectivity index (χ3v) is 18.5. The van der Waals surface area contributed by atoms with Crippen molar-refractivity contribution in [3.8, 4) is 23.1 Å². The highest BCUT2D eigenvalue weighted by Gasteiger charge is 2.50. The van der Waals surface area contributed by atoms with Gasteiger partial charge in [-0.1, -0.05) is 38.1 Å². The summed E-state index contributed by atoms with van der Waals surface area (Å²) in [5.41, 5.74) is 3.40. The van der Waals surface area contributed by atoms with Gasteiger partial charge in [0, 0.05) is 66.7 Å². The molecule has 0 bridgehead atoms. The van der Waals surface area contributed by atoms with Gasteiger partial charge in [-0.25, -0.2) is 13.1 Å². The molecule has 3 atom stereocenters. The Morgan fingerprint density at radius 1 is 0.986 bits per heavy atom. The first-order valence-corrected chi connectivity index (χ1v) is 27.7. The van der Waals surface area contributed by atoms with Gasteiger partial charge in [0.25, 0.3) is 27.5 Å². The number of carbonyl (C=O) groups is 1. The van der Waals surface area contributed by atoms with Crippen LogP contribution in [0.1, 0.15) is 125 Å². The minimum Gasteiger partial charge on any atom is -0.489 e. The fourth-order valence-electron chi connectivity index (χ4n) is 12.6. The number of benzene rings is 3. The maximum atomic E-state index is 14.5. The number of fused-ring (bicyclic) bond motifs is 2. The van der Waals surface area contributed by atoms with Gasteiger partial charge in [0.05, 0.1) is 27.0 Å². The third-order valence-electron chi connectivity index (χ3n) is 17.2. The lowest BCUT2D eigenvalue weighted by atomic mass is 9.59. The Morgan fingerprint density at radius 3 is 2.49 bits per heavy atom. The minimum absolute atomic E-state index is 0.00360. The molecule has 3 saturated heterocycles. The number of sulfonamides is 1. The van der Waals surface area contributed by atoms with E-state index in [2.05, 4.69) is 67.8 Å². The number of aromatic amines is 1. The van der Waals surface area contributed by atoms with Crippen LogP contribution in [0, 0.1) is 21.4 Å². The van der Waals surface area contributed by atoms with E-state index in [1.807, 2.05) is 26.1 Å². The fourth-order valence-corrected chi connectivity index (χ4v) is 13.6. The molecule has 73 heavy (non-hydrogen) atoms. The summed E-state index contributed by atoms with van der Waals surface area (Å²) in [6.07, 6.45) is 12.2. The van der Waals surface area contributed by atoms with Crippen molar-refractivity contribution in [2.75, 3.05) is 56.7 Å². The summed E-state index contributed by atoms with van der Waals surface area (Å²) in [5.74, 6) is 0.157. The summed E-state index contributed by atoms with van der Waals surface area (Å²) >= 11 is 0. The molecule has 4 aliphatic heterocycles. The van der Waals surface area contributed by atoms with Crippen molar-refractivity contribution >= 4 is 44.0 Å². The van der Waals surface area contributed by atoms with E-state index in [-0.39, 0.29) is 64.4 Å². The number of nitrogens with one attached hydrogen (secondary N) is 3. The lowest BCUT2D eigenvalue weighted by Crippen LogP contribution is -2.54. The lowest BCUT2D eigenvalue weighted by molar-refractivity contribution is -0.384. The average molecular weight is 1020 g/mol. The second-order valence-corrected chi connectivity index (χ2v) is 24.0. The van der Waals surface area contributed by atoms with Gasteiger partial charge in [-0.2, -0.15) is 4.98 Å². The number of nitro groups is 1. The van der Waals surface area contributed by atoms with Crippen molar-refractivity contribution in [2.24, 2.45) is 11.3 Å². The zero-order chi connectivity index (χ0) is 50.8. The predicted octanol–water partition coefficient (Wildman–Crippen LogP) is 9.29. The van der Waals surface area contributed by atoms with Crippen molar-refractivity contribution in [3.05, 3.63) is 99.7 Å². The second-order valence-electron chi connectivity index (χ2n) is 22.4. The van der Waals surface area contributed by atoms with Gasteiger partial charge in [-0.3, -0.25) is 24.7 Å². The number of ether oxygens (including phenoxy) is 3. The van der Waals surface area contributed by atoms with E-state index in [9.17, 15) is 28.4 Å². The summed E-state index contributed by atoms with van der Waals surface area (Å²) < 4.78 is 49.6. The van der Waals surface area contributed by atoms with E-state index in [1.165, 1.54) is 42.9 Å². The van der Waals surface area contributed by atoms with Crippen LogP contribution in [-0.4, -0.2) is 114 Å². The van der Waals surface area contributed by atoms with E-state index in [0.29, 0.717) is 55.9 Å². The molecule has 4 N–H and O–H groups in total. The topological polar surface area (TPSA) is 205 Å². The number of hydrogen-bond acceptors (Lipinski definition) is 14. The Kier molecular flexibility index (Phi) is 13.1. The number of nitro benzene ring substituents is 1. The van der Waals surface area contributed by atoms with Crippen LogP contribution in [0.15, 0.2) is 77.8 Å². The molecule has 11 rings (SSSR count). The summed E-state index contributed by atoms with van der Waals surface area (Å²) in [5, 5.41) is 27.0. The number of aliphatic hydroxyl groups is 1. The van der Waals surface area contributed by atoms with Crippen LogP contribution in [0.25, 0.3) is 11.0 Å². The van der Waals surface area contributed by atoms with E-state index in [0.717, 1.165) is 62.6 Å². The first kappa shape index (κ1) is 49.3. The minimum atomic E-state index is -4.71. The Morgan fingerprint density at radius 2 is 1.77 bits per heavy atom. The second kappa shape index (κ2) is 19.4. The molecule has 388 valence electrons. The largest absolute Gasteiger partial charge is 0.489 e. The van der Waals surface area contributed by atoms with Crippen LogP contribution in [0.3, 0.4) is 0 Å². The first-order chi connectivity index (χ1) is 35.0. The number of likely N-dealkylation sites (tertiary alicyclic amines) is 2. The van der Waals surface area contributed by atoms with Crippen LogP contribution in [-0.2, 0) is 10.0 Å². The Bertz CT molecular complexity index is 3010. The molecule has 17 nitrogen and oxygen atoms in total. The molecular formula is C55H68N8O9S. The number of carbonyl (C=O) groups excluding carboxylic acids is 1. The molecule has 5 fully saturated rings.